The minimum Gasteiger partial charge on any atom is -0.492 e. The van der Waals surface area contributed by atoms with Crippen LogP contribution in [0, 0.1) is 0 Å². The highest BCUT2D eigenvalue weighted by atomic mass is 16.5. The second-order valence-electron chi connectivity index (χ2n) is 5.02. The molecule has 0 N–H and O–H groups in total. The van der Waals surface area contributed by atoms with E-state index in [0.29, 0.717) is 25.3 Å². The highest BCUT2D eigenvalue weighted by Gasteiger charge is 2.12. The summed E-state index contributed by atoms with van der Waals surface area (Å²) < 4.78 is 10.7. The fraction of sp³-hybridized carbons (Fsp3) is 0.278. The zero-order valence-corrected chi connectivity index (χ0v) is 13.0. The molecule has 4 nitrogen and oxygen atoms in total. The molecule has 0 spiro atoms. The summed E-state index contributed by atoms with van der Waals surface area (Å²) in [4.78, 5) is 14.0. The van der Waals surface area contributed by atoms with E-state index < -0.39 is 0 Å². The number of hydrogen-bond acceptors (Lipinski definition) is 3. The Morgan fingerprint density at radius 1 is 1.09 bits per heavy atom. The number of carbonyl (C=O) groups excluding carboxylic acids is 1. The van der Waals surface area contributed by atoms with E-state index in [-0.39, 0.29) is 5.91 Å². The highest BCUT2D eigenvalue weighted by Crippen LogP contribution is 2.10. The first kappa shape index (κ1) is 16.0. The topological polar surface area (TPSA) is 38.8 Å². The van der Waals surface area contributed by atoms with Gasteiger partial charge in [0.1, 0.15) is 12.4 Å². The molecule has 0 atom stereocenters. The molecular formula is C18H21NO3. The van der Waals surface area contributed by atoms with Crippen LogP contribution in [0.5, 0.6) is 5.75 Å². The maximum absolute atomic E-state index is 12.4. The fourth-order valence-corrected chi connectivity index (χ4v) is 2.10. The number of likely N-dealkylation sites (N-methyl/N-ethyl adjacent to an activating group) is 1. The highest BCUT2D eigenvalue weighted by molar-refractivity contribution is 5.94. The Bertz CT molecular complexity index is 598. The largest absolute Gasteiger partial charge is 0.492 e. The van der Waals surface area contributed by atoms with E-state index in [1.54, 1.807) is 19.1 Å². The molecule has 0 unspecified atom stereocenters. The normalized spacial score (nSPS) is 10.3. The van der Waals surface area contributed by atoms with Gasteiger partial charge < -0.3 is 14.4 Å². The summed E-state index contributed by atoms with van der Waals surface area (Å²) in [6, 6.07) is 17.1. The predicted molar refractivity (Wildman–Crippen MR) is 86.1 cm³/mol. The van der Waals surface area contributed by atoms with Gasteiger partial charge in [-0.15, -0.1) is 0 Å². The Morgan fingerprint density at radius 2 is 1.86 bits per heavy atom. The van der Waals surface area contributed by atoms with Crippen molar-refractivity contribution in [1.29, 1.82) is 0 Å². The second-order valence-corrected chi connectivity index (χ2v) is 5.02. The molecule has 0 aliphatic carbocycles. The smallest absolute Gasteiger partial charge is 0.253 e. The molecular weight excluding hydrogens is 278 g/mol. The van der Waals surface area contributed by atoms with E-state index in [2.05, 4.69) is 0 Å². The molecule has 2 aromatic rings. The van der Waals surface area contributed by atoms with Gasteiger partial charge in [-0.2, -0.15) is 0 Å². The van der Waals surface area contributed by atoms with Gasteiger partial charge in [-0.3, -0.25) is 4.79 Å². The standard InChI is InChI=1S/C18H21NO3/c1-19(11-12-22-17-9-4-3-5-10-17)18(20)16-8-6-7-15(13-16)14-21-2/h3-10,13H,11-12,14H2,1-2H3. The molecule has 116 valence electrons. The summed E-state index contributed by atoms with van der Waals surface area (Å²) in [6.07, 6.45) is 0. The summed E-state index contributed by atoms with van der Waals surface area (Å²) in [7, 11) is 3.42. The van der Waals surface area contributed by atoms with Gasteiger partial charge in [0.25, 0.3) is 5.91 Å². The van der Waals surface area contributed by atoms with E-state index in [0.717, 1.165) is 11.3 Å². The summed E-state index contributed by atoms with van der Waals surface area (Å²) in [6.45, 7) is 1.49. The van der Waals surface area contributed by atoms with Crippen molar-refractivity contribution < 1.29 is 14.3 Å². The van der Waals surface area contributed by atoms with Gasteiger partial charge >= 0.3 is 0 Å². The molecule has 0 aromatic heterocycles. The zero-order chi connectivity index (χ0) is 15.8. The molecule has 0 aliphatic rings. The lowest BCUT2D eigenvalue weighted by Crippen LogP contribution is -2.30. The lowest BCUT2D eigenvalue weighted by molar-refractivity contribution is 0.0773. The first-order valence-electron chi connectivity index (χ1n) is 7.22. The minimum atomic E-state index is -0.0189. The van der Waals surface area contributed by atoms with Crippen molar-refractivity contribution in [3.8, 4) is 5.75 Å². The van der Waals surface area contributed by atoms with Crippen LogP contribution in [-0.4, -0.2) is 38.1 Å². The molecule has 0 saturated carbocycles. The van der Waals surface area contributed by atoms with E-state index in [4.69, 9.17) is 9.47 Å². The number of benzene rings is 2. The summed E-state index contributed by atoms with van der Waals surface area (Å²) in [5.74, 6) is 0.792. The molecule has 0 saturated heterocycles. The summed E-state index contributed by atoms with van der Waals surface area (Å²) in [5.41, 5.74) is 1.65. The third-order valence-corrected chi connectivity index (χ3v) is 3.27. The van der Waals surface area contributed by atoms with Gasteiger partial charge in [0, 0.05) is 19.7 Å². The van der Waals surface area contributed by atoms with Crippen LogP contribution >= 0.6 is 0 Å². The Kier molecular flexibility index (Phi) is 5.98. The van der Waals surface area contributed by atoms with Crippen LogP contribution in [0.1, 0.15) is 15.9 Å². The lowest BCUT2D eigenvalue weighted by atomic mass is 10.1. The average Bonchev–Trinajstić information content (AvgIpc) is 2.55. The van der Waals surface area contributed by atoms with E-state index in [1.165, 1.54) is 0 Å². The van der Waals surface area contributed by atoms with Crippen LogP contribution in [0.15, 0.2) is 54.6 Å². The number of amides is 1. The molecule has 0 heterocycles. The molecule has 0 radical (unpaired) electrons. The molecule has 4 heteroatoms. The van der Waals surface area contributed by atoms with Crippen molar-refractivity contribution in [2.75, 3.05) is 27.3 Å². The van der Waals surface area contributed by atoms with Crippen LogP contribution in [0.2, 0.25) is 0 Å². The van der Waals surface area contributed by atoms with Gasteiger partial charge in [0.15, 0.2) is 0 Å². The van der Waals surface area contributed by atoms with Crippen LogP contribution < -0.4 is 4.74 Å². The maximum atomic E-state index is 12.4. The molecule has 2 aromatic carbocycles. The van der Waals surface area contributed by atoms with Crippen LogP contribution in [0.3, 0.4) is 0 Å². The average molecular weight is 299 g/mol. The first-order chi connectivity index (χ1) is 10.7. The molecule has 0 bridgehead atoms. The first-order valence-corrected chi connectivity index (χ1v) is 7.22. The van der Waals surface area contributed by atoms with Gasteiger partial charge in [0.2, 0.25) is 0 Å². The Balaban J connectivity index is 1.87. The van der Waals surface area contributed by atoms with Gasteiger partial charge in [0.05, 0.1) is 13.2 Å². The van der Waals surface area contributed by atoms with Crippen molar-refractivity contribution in [2.24, 2.45) is 0 Å². The van der Waals surface area contributed by atoms with E-state index in [1.807, 2.05) is 54.6 Å². The monoisotopic (exact) mass is 299 g/mol. The number of hydrogen-bond donors (Lipinski definition) is 0. The number of nitrogens with zero attached hydrogens (tertiary/aromatic N) is 1. The van der Waals surface area contributed by atoms with Crippen molar-refractivity contribution in [2.45, 2.75) is 6.61 Å². The Hall–Kier alpha value is -2.33. The van der Waals surface area contributed by atoms with E-state index >= 15 is 0 Å². The van der Waals surface area contributed by atoms with Gasteiger partial charge in [-0.1, -0.05) is 30.3 Å². The van der Waals surface area contributed by atoms with Crippen LogP contribution in [-0.2, 0) is 11.3 Å². The molecule has 22 heavy (non-hydrogen) atoms. The fourth-order valence-electron chi connectivity index (χ4n) is 2.10. The SMILES string of the molecule is COCc1cccc(C(=O)N(C)CCOc2ccccc2)c1. The molecule has 0 aliphatic heterocycles. The van der Waals surface area contributed by atoms with Gasteiger partial charge in [-0.05, 0) is 29.8 Å². The van der Waals surface area contributed by atoms with Crippen molar-refractivity contribution in [1.82, 2.24) is 4.90 Å². The number of rotatable bonds is 7. The quantitative estimate of drug-likeness (QED) is 0.789. The van der Waals surface area contributed by atoms with Gasteiger partial charge in [-0.25, -0.2) is 0 Å². The Morgan fingerprint density at radius 3 is 2.59 bits per heavy atom. The predicted octanol–water partition coefficient (Wildman–Crippen LogP) is 2.98. The van der Waals surface area contributed by atoms with Crippen molar-refractivity contribution in [3.63, 3.8) is 0 Å². The molecule has 2 rings (SSSR count). The number of methoxy groups -OCH3 is 1. The van der Waals surface area contributed by atoms with E-state index in [9.17, 15) is 4.79 Å². The van der Waals surface area contributed by atoms with Crippen LogP contribution in [0.4, 0.5) is 0 Å². The molecule has 0 fully saturated rings. The number of ether oxygens (including phenoxy) is 2. The van der Waals surface area contributed by atoms with Crippen LogP contribution in [0.25, 0.3) is 0 Å². The summed E-state index contributed by atoms with van der Waals surface area (Å²) in [5, 5.41) is 0. The Labute approximate surface area is 131 Å². The molecule has 1 amide bonds. The number of para-hydroxylation sites is 1. The third-order valence-electron chi connectivity index (χ3n) is 3.27. The van der Waals surface area contributed by atoms with Crippen molar-refractivity contribution >= 4 is 5.91 Å². The second kappa shape index (κ2) is 8.20. The number of carbonyl (C=O) groups is 1. The third kappa shape index (κ3) is 4.60. The lowest BCUT2D eigenvalue weighted by Gasteiger charge is -2.18. The minimum absolute atomic E-state index is 0.0189. The van der Waals surface area contributed by atoms with Crippen molar-refractivity contribution in [3.05, 3.63) is 65.7 Å². The zero-order valence-electron chi connectivity index (χ0n) is 13.0. The maximum Gasteiger partial charge on any atom is 0.253 e. The summed E-state index contributed by atoms with van der Waals surface area (Å²) >= 11 is 0.